The second-order valence-electron chi connectivity index (χ2n) is 5.20. The Balaban J connectivity index is 1.88. The number of nitrogens with zero attached hydrogens (tertiary/aromatic N) is 5. The van der Waals surface area contributed by atoms with E-state index >= 15 is 0 Å². The highest BCUT2D eigenvalue weighted by molar-refractivity contribution is 7.09. The first-order valence-electron chi connectivity index (χ1n) is 7.49. The van der Waals surface area contributed by atoms with Gasteiger partial charge in [0.05, 0.1) is 12.1 Å². The van der Waals surface area contributed by atoms with Crippen LogP contribution in [0.15, 0.2) is 0 Å². The Morgan fingerprint density at radius 1 is 1.25 bits per heavy atom. The molecule has 5 nitrogen and oxygen atoms in total. The number of anilines is 1. The Morgan fingerprint density at radius 2 is 2.00 bits per heavy atom. The van der Waals surface area contributed by atoms with Gasteiger partial charge in [-0.25, -0.2) is 4.98 Å². The van der Waals surface area contributed by atoms with E-state index in [1.165, 1.54) is 11.5 Å². The molecule has 110 valence electrons. The Bertz CT molecular complexity index is 445. The molecule has 1 aromatic rings. The average Bonchev–Trinajstić information content (AvgIpc) is 2.94. The van der Waals surface area contributed by atoms with Gasteiger partial charge >= 0.3 is 0 Å². The zero-order chi connectivity index (χ0) is 14.4. The molecule has 0 aromatic carbocycles. The van der Waals surface area contributed by atoms with Crippen molar-refractivity contribution in [2.45, 2.75) is 45.6 Å². The van der Waals surface area contributed by atoms with Crippen LogP contribution in [0.2, 0.25) is 0 Å². The zero-order valence-electron chi connectivity index (χ0n) is 12.4. The summed E-state index contributed by atoms with van der Waals surface area (Å²) in [6, 6.07) is 2.51. The van der Waals surface area contributed by atoms with Gasteiger partial charge in [-0.05, 0) is 12.8 Å². The molecule has 0 saturated carbocycles. The lowest BCUT2D eigenvalue weighted by Gasteiger charge is -2.36. The molecule has 1 aliphatic heterocycles. The molecule has 2 rings (SSSR count). The molecular weight excluding hydrogens is 270 g/mol. The average molecular weight is 293 g/mol. The molecule has 0 bridgehead atoms. The highest BCUT2D eigenvalue weighted by Gasteiger charge is 2.24. The van der Waals surface area contributed by atoms with Crippen LogP contribution in [0.4, 0.5) is 5.13 Å². The summed E-state index contributed by atoms with van der Waals surface area (Å²) in [7, 11) is 0. The van der Waals surface area contributed by atoms with Crippen LogP contribution >= 0.6 is 11.5 Å². The summed E-state index contributed by atoms with van der Waals surface area (Å²) >= 11 is 1.50. The standard InChI is InChI=1S/C14H23N5S/c1-3-5-12(11-15)18-7-9-19(10-8-18)14-16-13(6-4-2)17-20-14/h12H,3-10H2,1-2H3. The van der Waals surface area contributed by atoms with Crippen LogP contribution in [0.25, 0.3) is 0 Å². The maximum atomic E-state index is 9.23. The minimum atomic E-state index is 0.0761. The lowest BCUT2D eigenvalue weighted by atomic mass is 10.1. The van der Waals surface area contributed by atoms with Crippen LogP contribution in [-0.2, 0) is 6.42 Å². The third kappa shape index (κ3) is 3.68. The fourth-order valence-electron chi connectivity index (χ4n) is 2.53. The predicted octanol–water partition coefficient (Wildman–Crippen LogP) is 2.30. The lowest BCUT2D eigenvalue weighted by Crippen LogP contribution is -2.50. The molecule has 1 aromatic heterocycles. The van der Waals surface area contributed by atoms with Gasteiger partial charge in [0.1, 0.15) is 5.82 Å². The van der Waals surface area contributed by atoms with Crippen molar-refractivity contribution in [1.29, 1.82) is 5.26 Å². The molecule has 1 aliphatic rings. The van der Waals surface area contributed by atoms with E-state index in [0.29, 0.717) is 0 Å². The maximum absolute atomic E-state index is 9.23. The summed E-state index contributed by atoms with van der Waals surface area (Å²) in [6.07, 6.45) is 4.08. The van der Waals surface area contributed by atoms with Crippen molar-refractivity contribution in [3.05, 3.63) is 5.82 Å². The SMILES string of the molecule is CCCc1nsc(N2CCN(C(C#N)CCC)CC2)n1. The number of piperazine rings is 1. The second kappa shape index (κ2) is 7.55. The fraction of sp³-hybridized carbons (Fsp3) is 0.786. The summed E-state index contributed by atoms with van der Waals surface area (Å²) in [4.78, 5) is 9.20. The molecule has 1 fully saturated rings. The van der Waals surface area contributed by atoms with Crippen molar-refractivity contribution >= 4 is 16.7 Å². The van der Waals surface area contributed by atoms with Crippen LogP contribution < -0.4 is 4.90 Å². The predicted molar refractivity (Wildman–Crippen MR) is 82.0 cm³/mol. The Kier molecular flexibility index (Phi) is 5.74. The lowest BCUT2D eigenvalue weighted by molar-refractivity contribution is 0.211. The molecule has 0 aliphatic carbocycles. The van der Waals surface area contributed by atoms with Gasteiger partial charge in [0.15, 0.2) is 0 Å². The van der Waals surface area contributed by atoms with Gasteiger partial charge < -0.3 is 4.90 Å². The zero-order valence-corrected chi connectivity index (χ0v) is 13.2. The number of nitriles is 1. The number of aromatic nitrogens is 2. The van der Waals surface area contributed by atoms with Gasteiger partial charge in [-0.1, -0.05) is 20.3 Å². The molecule has 1 atom stereocenters. The monoisotopic (exact) mass is 293 g/mol. The molecule has 0 radical (unpaired) electrons. The molecular formula is C14H23N5S. The molecule has 20 heavy (non-hydrogen) atoms. The van der Waals surface area contributed by atoms with Gasteiger partial charge in [0, 0.05) is 44.1 Å². The second-order valence-corrected chi connectivity index (χ2v) is 5.93. The quantitative estimate of drug-likeness (QED) is 0.805. The Labute approximate surface area is 125 Å². The minimum absolute atomic E-state index is 0.0761. The first kappa shape index (κ1) is 15.2. The van der Waals surface area contributed by atoms with E-state index in [4.69, 9.17) is 0 Å². The molecule has 0 spiro atoms. The van der Waals surface area contributed by atoms with Crippen molar-refractivity contribution in [3.8, 4) is 6.07 Å². The smallest absolute Gasteiger partial charge is 0.205 e. The van der Waals surface area contributed by atoms with Crippen molar-refractivity contribution in [3.63, 3.8) is 0 Å². The van der Waals surface area contributed by atoms with E-state index in [-0.39, 0.29) is 6.04 Å². The highest BCUT2D eigenvalue weighted by atomic mass is 32.1. The van der Waals surface area contributed by atoms with Crippen LogP contribution in [0.3, 0.4) is 0 Å². The van der Waals surface area contributed by atoms with Crippen molar-refractivity contribution < 1.29 is 0 Å². The summed E-state index contributed by atoms with van der Waals surface area (Å²) in [5.74, 6) is 0.968. The summed E-state index contributed by atoms with van der Waals surface area (Å²) in [5, 5.41) is 10.3. The summed E-state index contributed by atoms with van der Waals surface area (Å²) in [5.41, 5.74) is 0. The topological polar surface area (TPSA) is 56.1 Å². The van der Waals surface area contributed by atoms with E-state index in [1.807, 2.05) is 0 Å². The fourth-order valence-corrected chi connectivity index (χ4v) is 3.29. The van der Waals surface area contributed by atoms with Crippen LogP contribution in [0.1, 0.15) is 38.9 Å². The van der Waals surface area contributed by atoms with E-state index in [0.717, 1.165) is 62.8 Å². The maximum Gasteiger partial charge on any atom is 0.205 e. The molecule has 2 heterocycles. The highest BCUT2D eigenvalue weighted by Crippen LogP contribution is 2.20. The normalized spacial score (nSPS) is 17.9. The van der Waals surface area contributed by atoms with Crippen LogP contribution in [0.5, 0.6) is 0 Å². The molecule has 0 N–H and O–H groups in total. The minimum Gasteiger partial charge on any atom is -0.344 e. The summed E-state index contributed by atoms with van der Waals surface area (Å²) < 4.78 is 4.40. The molecule has 1 saturated heterocycles. The van der Waals surface area contributed by atoms with Crippen molar-refractivity contribution in [2.75, 3.05) is 31.1 Å². The van der Waals surface area contributed by atoms with E-state index in [2.05, 4.69) is 39.1 Å². The van der Waals surface area contributed by atoms with E-state index in [9.17, 15) is 5.26 Å². The van der Waals surface area contributed by atoms with Gasteiger partial charge in [0.2, 0.25) is 5.13 Å². The van der Waals surface area contributed by atoms with Crippen molar-refractivity contribution in [1.82, 2.24) is 14.3 Å². The van der Waals surface area contributed by atoms with Gasteiger partial charge in [-0.3, -0.25) is 4.90 Å². The molecule has 0 amide bonds. The number of rotatable bonds is 6. The first-order valence-corrected chi connectivity index (χ1v) is 8.27. The first-order chi connectivity index (χ1) is 9.78. The van der Waals surface area contributed by atoms with Crippen LogP contribution in [0, 0.1) is 11.3 Å². The number of hydrogen-bond acceptors (Lipinski definition) is 6. The number of hydrogen-bond donors (Lipinski definition) is 0. The largest absolute Gasteiger partial charge is 0.344 e. The molecule has 6 heteroatoms. The Hall–Kier alpha value is -1.19. The molecule has 1 unspecified atom stereocenters. The third-order valence-corrected chi connectivity index (χ3v) is 4.48. The van der Waals surface area contributed by atoms with Crippen molar-refractivity contribution in [2.24, 2.45) is 0 Å². The number of aryl methyl sites for hydroxylation is 1. The van der Waals surface area contributed by atoms with E-state index in [1.54, 1.807) is 0 Å². The van der Waals surface area contributed by atoms with Gasteiger partial charge in [-0.2, -0.15) is 9.64 Å². The summed E-state index contributed by atoms with van der Waals surface area (Å²) in [6.45, 7) is 8.07. The van der Waals surface area contributed by atoms with Crippen LogP contribution in [-0.4, -0.2) is 46.5 Å². The van der Waals surface area contributed by atoms with E-state index < -0.39 is 0 Å². The third-order valence-electron chi connectivity index (χ3n) is 3.67. The Morgan fingerprint density at radius 3 is 2.60 bits per heavy atom. The van der Waals surface area contributed by atoms with Gasteiger partial charge in [0.25, 0.3) is 0 Å². The van der Waals surface area contributed by atoms with Gasteiger partial charge in [-0.15, -0.1) is 0 Å².